The Bertz CT molecular complexity index is 599. The van der Waals surface area contributed by atoms with Gasteiger partial charge in [-0.15, -0.1) is 11.3 Å². The molecule has 1 atom stereocenters. The number of carbonyl (C=O) groups is 3. The number of piperidine rings is 1. The number of thiazole rings is 1. The summed E-state index contributed by atoms with van der Waals surface area (Å²) in [5.41, 5.74) is 0. The highest BCUT2D eigenvalue weighted by Crippen LogP contribution is 2.29. The molecule has 2 saturated heterocycles. The molecule has 4 amide bonds. The molecule has 7 nitrogen and oxygen atoms in total. The van der Waals surface area contributed by atoms with Crippen molar-refractivity contribution in [3.63, 3.8) is 0 Å². The molecule has 3 rings (SSSR count). The maximum atomic E-state index is 12.4. The highest BCUT2D eigenvalue weighted by Gasteiger charge is 2.33. The molecule has 1 unspecified atom stereocenters. The third kappa shape index (κ3) is 2.96. The molecule has 0 radical (unpaired) electrons. The van der Waals surface area contributed by atoms with Crippen molar-refractivity contribution in [2.24, 2.45) is 0 Å². The van der Waals surface area contributed by atoms with E-state index in [0.29, 0.717) is 13.1 Å². The minimum atomic E-state index is -0.484. The molecule has 1 aromatic heterocycles. The van der Waals surface area contributed by atoms with Crippen LogP contribution in [-0.4, -0.2) is 58.8 Å². The highest BCUT2D eigenvalue weighted by molar-refractivity contribution is 7.11. The van der Waals surface area contributed by atoms with E-state index in [0.717, 1.165) is 27.6 Å². The molecule has 2 aliphatic rings. The van der Waals surface area contributed by atoms with Gasteiger partial charge in [0.1, 0.15) is 6.54 Å². The first kappa shape index (κ1) is 15.0. The molecule has 0 saturated carbocycles. The summed E-state index contributed by atoms with van der Waals surface area (Å²) in [6, 6.07) is -0.484. The summed E-state index contributed by atoms with van der Waals surface area (Å²) in [6.07, 6.45) is 3.78. The van der Waals surface area contributed by atoms with E-state index in [2.05, 4.69) is 10.3 Å². The number of hydrogen-bond acceptors (Lipinski definition) is 5. The monoisotopic (exact) mass is 322 g/mol. The van der Waals surface area contributed by atoms with Crippen molar-refractivity contribution in [3.8, 4) is 0 Å². The molecular weight excluding hydrogens is 304 g/mol. The summed E-state index contributed by atoms with van der Waals surface area (Å²) < 4.78 is 0. The fourth-order valence-corrected chi connectivity index (χ4v) is 3.72. The van der Waals surface area contributed by atoms with Crippen molar-refractivity contribution >= 4 is 29.2 Å². The molecule has 2 fully saturated rings. The third-order valence-electron chi connectivity index (χ3n) is 3.99. The molecular formula is C14H18N4O3S. The summed E-state index contributed by atoms with van der Waals surface area (Å²) in [5, 5.41) is 3.48. The Morgan fingerprint density at radius 2 is 2.32 bits per heavy atom. The molecule has 0 aromatic carbocycles. The zero-order valence-electron chi connectivity index (χ0n) is 12.4. The van der Waals surface area contributed by atoms with Gasteiger partial charge in [0.25, 0.3) is 5.91 Å². The minimum absolute atomic E-state index is 0.0207. The predicted molar refractivity (Wildman–Crippen MR) is 80.5 cm³/mol. The third-order valence-corrected chi connectivity index (χ3v) is 5.07. The Kier molecular flexibility index (Phi) is 4.10. The second kappa shape index (κ2) is 6.04. The number of rotatable bonds is 3. The van der Waals surface area contributed by atoms with Gasteiger partial charge in [-0.2, -0.15) is 0 Å². The van der Waals surface area contributed by atoms with E-state index in [-0.39, 0.29) is 30.8 Å². The van der Waals surface area contributed by atoms with Crippen LogP contribution in [0.15, 0.2) is 6.20 Å². The summed E-state index contributed by atoms with van der Waals surface area (Å²) in [5.74, 6) is -0.273. The highest BCUT2D eigenvalue weighted by atomic mass is 32.1. The van der Waals surface area contributed by atoms with E-state index in [1.54, 1.807) is 16.2 Å². The molecule has 8 heteroatoms. The van der Waals surface area contributed by atoms with E-state index >= 15 is 0 Å². The number of aryl methyl sites for hydroxylation is 1. The Labute approximate surface area is 132 Å². The standard InChI is InChI=1S/C14H18N4O3S/c1-9-5-15-13(22-9)10-3-2-4-17(7-10)12(20)8-18-11(19)6-16-14(18)21/h5,10H,2-4,6-8H2,1H3,(H,16,21). The average Bonchev–Trinajstić information content (AvgIpc) is 3.08. The van der Waals surface area contributed by atoms with Gasteiger partial charge in [-0.3, -0.25) is 14.5 Å². The lowest BCUT2D eigenvalue weighted by atomic mass is 9.98. The number of likely N-dealkylation sites (tertiary alicyclic amines) is 1. The largest absolute Gasteiger partial charge is 0.340 e. The van der Waals surface area contributed by atoms with Gasteiger partial charge in [0.05, 0.1) is 11.6 Å². The normalized spacial score (nSPS) is 22.1. The molecule has 118 valence electrons. The summed E-state index contributed by atoms with van der Waals surface area (Å²) in [4.78, 5) is 43.7. The smallest absolute Gasteiger partial charge is 0.325 e. The van der Waals surface area contributed by atoms with Crippen molar-refractivity contribution in [3.05, 3.63) is 16.1 Å². The topological polar surface area (TPSA) is 82.6 Å². The fourth-order valence-electron chi connectivity index (χ4n) is 2.82. The Balaban J connectivity index is 1.63. The van der Waals surface area contributed by atoms with Gasteiger partial charge in [-0.05, 0) is 19.8 Å². The molecule has 0 bridgehead atoms. The van der Waals surface area contributed by atoms with Gasteiger partial charge in [-0.1, -0.05) is 0 Å². The first-order valence-corrected chi connectivity index (χ1v) is 8.14. The van der Waals surface area contributed by atoms with E-state index < -0.39 is 6.03 Å². The number of hydrogen-bond donors (Lipinski definition) is 1. The van der Waals surface area contributed by atoms with Gasteiger partial charge in [0.2, 0.25) is 5.91 Å². The molecule has 1 aromatic rings. The van der Waals surface area contributed by atoms with Crippen LogP contribution < -0.4 is 5.32 Å². The second-order valence-corrected chi connectivity index (χ2v) is 6.89. The molecule has 22 heavy (non-hydrogen) atoms. The lowest BCUT2D eigenvalue weighted by molar-refractivity contribution is -0.137. The van der Waals surface area contributed by atoms with Crippen molar-refractivity contribution in [2.75, 3.05) is 26.2 Å². The number of imide groups is 1. The van der Waals surface area contributed by atoms with Crippen molar-refractivity contribution in [1.82, 2.24) is 20.1 Å². The van der Waals surface area contributed by atoms with Gasteiger partial charge in [0.15, 0.2) is 0 Å². The van der Waals surface area contributed by atoms with Gasteiger partial charge >= 0.3 is 6.03 Å². The summed E-state index contributed by atoms with van der Waals surface area (Å²) in [7, 11) is 0. The van der Waals surface area contributed by atoms with Crippen molar-refractivity contribution in [1.29, 1.82) is 0 Å². The summed E-state index contributed by atoms with van der Waals surface area (Å²) in [6.45, 7) is 3.10. The van der Waals surface area contributed by atoms with Crippen LogP contribution in [0.4, 0.5) is 4.79 Å². The van der Waals surface area contributed by atoms with Crippen LogP contribution in [0, 0.1) is 6.92 Å². The lowest BCUT2D eigenvalue weighted by Crippen LogP contribution is -2.46. The SMILES string of the molecule is Cc1cnc(C2CCCN(C(=O)CN3C(=O)CNC3=O)C2)s1. The van der Waals surface area contributed by atoms with Crippen LogP contribution >= 0.6 is 11.3 Å². The number of nitrogens with zero attached hydrogens (tertiary/aromatic N) is 3. The quantitative estimate of drug-likeness (QED) is 0.831. The second-order valence-electron chi connectivity index (χ2n) is 5.63. The fraction of sp³-hybridized carbons (Fsp3) is 0.571. The zero-order valence-corrected chi connectivity index (χ0v) is 13.2. The first-order chi connectivity index (χ1) is 10.5. The summed E-state index contributed by atoms with van der Waals surface area (Å²) >= 11 is 1.66. The number of amides is 4. The molecule has 1 N–H and O–H groups in total. The minimum Gasteiger partial charge on any atom is -0.340 e. The van der Waals surface area contributed by atoms with E-state index in [1.807, 2.05) is 13.1 Å². The lowest BCUT2D eigenvalue weighted by Gasteiger charge is -2.32. The van der Waals surface area contributed by atoms with E-state index in [9.17, 15) is 14.4 Å². The van der Waals surface area contributed by atoms with Crippen molar-refractivity contribution in [2.45, 2.75) is 25.7 Å². The van der Waals surface area contributed by atoms with Gasteiger partial charge in [0, 0.05) is 30.1 Å². The van der Waals surface area contributed by atoms with E-state index in [4.69, 9.17) is 0 Å². The van der Waals surface area contributed by atoms with Gasteiger partial charge in [-0.25, -0.2) is 9.78 Å². The zero-order chi connectivity index (χ0) is 15.7. The predicted octanol–water partition coefficient (Wildman–Crippen LogP) is 0.709. The van der Waals surface area contributed by atoms with E-state index in [1.165, 1.54) is 0 Å². The van der Waals surface area contributed by atoms with Crippen LogP contribution in [0.2, 0.25) is 0 Å². The average molecular weight is 322 g/mol. The Morgan fingerprint density at radius 3 is 2.95 bits per heavy atom. The maximum absolute atomic E-state index is 12.4. The molecule has 2 aliphatic heterocycles. The van der Waals surface area contributed by atoms with Gasteiger partial charge < -0.3 is 10.2 Å². The number of aromatic nitrogens is 1. The Hall–Kier alpha value is -1.96. The van der Waals surface area contributed by atoms with Crippen molar-refractivity contribution < 1.29 is 14.4 Å². The van der Waals surface area contributed by atoms with Crippen LogP contribution in [0.3, 0.4) is 0 Å². The number of urea groups is 1. The van der Waals surface area contributed by atoms with Crippen LogP contribution in [-0.2, 0) is 9.59 Å². The first-order valence-electron chi connectivity index (χ1n) is 7.33. The number of nitrogens with one attached hydrogen (secondary N) is 1. The van der Waals surface area contributed by atoms with Crippen LogP contribution in [0.5, 0.6) is 0 Å². The molecule has 0 aliphatic carbocycles. The number of carbonyl (C=O) groups excluding carboxylic acids is 3. The molecule has 0 spiro atoms. The maximum Gasteiger partial charge on any atom is 0.325 e. The van der Waals surface area contributed by atoms with Crippen LogP contribution in [0.1, 0.15) is 28.6 Å². The van der Waals surface area contributed by atoms with Crippen LogP contribution in [0.25, 0.3) is 0 Å². The molecule has 3 heterocycles. The Morgan fingerprint density at radius 1 is 1.50 bits per heavy atom.